The van der Waals surface area contributed by atoms with Crippen LogP contribution >= 0.6 is 11.6 Å². The molecule has 0 radical (unpaired) electrons. The number of rotatable bonds is 4. The van der Waals surface area contributed by atoms with Gasteiger partial charge in [-0.1, -0.05) is 29.8 Å². The van der Waals surface area contributed by atoms with Crippen LogP contribution in [0, 0.1) is 11.6 Å². The molecule has 0 amide bonds. The van der Waals surface area contributed by atoms with E-state index in [4.69, 9.17) is 11.6 Å². The number of nitrogens with one attached hydrogen (secondary N) is 1. The molecule has 0 bridgehead atoms. The molecule has 0 aliphatic rings. The van der Waals surface area contributed by atoms with E-state index in [1.807, 2.05) is 0 Å². The van der Waals surface area contributed by atoms with E-state index < -0.39 is 23.6 Å². The van der Waals surface area contributed by atoms with Crippen molar-refractivity contribution in [3.8, 4) is 0 Å². The lowest BCUT2D eigenvalue weighted by atomic mass is 10.1. The maximum Gasteiger partial charge on any atom is 0.332 e. The summed E-state index contributed by atoms with van der Waals surface area (Å²) in [5, 5.41) is 2.60. The number of hydrogen-bond acceptors (Lipinski definition) is 3. The van der Waals surface area contributed by atoms with Crippen molar-refractivity contribution in [1.29, 1.82) is 0 Å². The largest absolute Gasteiger partial charge is 0.467 e. The Morgan fingerprint density at radius 1 is 1.19 bits per heavy atom. The highest BCUT2D eigenvalue weighted by molar-refractivity contribution is 6.30. The lowest BCUT2D eigenvalue weighted by Crippen LogP contribution is -2.22. The second-order valence-electron chi connectivity index (χ2n) is 4.25. The van der Waals surface area contributed by atoms with Crippen molar-refractivity contribution in [1.82, 2.24) is 0 Å². The third kappa shape index (κ3) is 3.49. The van der Waals surface area contributed by atoms with Gasteiger partial charge in [0.15, 0.2) is 6.04 Å². The number of hydrogen-bond donors (Lipinski definition) is 1. The van der Waals surface area contributed by atoms with Gasteiger partial charge >= 0.3 is 5.97 Å². The first-order valence-corrected chi connectivity index (χ1v) is 6.44. The third-order valence-corrected chi connectivity index (χ3v) is 3.18. The summed E-state index contributed by atoms with van der Waals surface area (Å²) in [6.07, 6.45) is 0. The minimum Gasteiger partial charge on any atom is -0.467 e. The van der Waals surface area contributed by atoms with Gasteiger partial charge in [0, 0.05) is 0 Å². The fourth-order valence-electron chi connectivity index (χ4n) is 1.82. The first kappa shape index (κ1) is 15.3. The van der Waals surface area contributed by atoms with Gasteiger partial charge in [-0.2, -0.15) is 0 Å². The van der Waals surface area contributed by atoms with E-state index in [0.29, 0.717) is 5.56 Å². The van der Waals surface area contributed by atoms with E-state index in [9.17, 15) is 13.6 Å². The lowest BCUT2D eigenvalue weighted by Gasteiger charge is -2.18. The van der Waals surface area contributed by atoms with E-state index in [0.717, 1.165) is 6.07 Å². The van der Waals surface area contributed by atoms with Crippen LogP contribution < -0.4 is 5.32 Å². The molecular formula is C15H12ClF2NO2. The molecule has 2 rings (SSSR count). The van der Waals surface area contributed by atoms with Gasteiger partial charge in [0.2, 0.25) is 0 Å². The minimum atomic E-state index is -0.995. The highest BCUT2D eigenvalue weighted by Gasteiger charge is 2.23. The predicted molar refractivity (Wildman–Crippen MR) is 76.2 cm³/mol. The summed E-state index contributed by atoms with van der Waals surface area (Å²) in [5.74, 6) is -1.75. The second-order valence-corrected chi connectivity index (χ2v) is 4.66. The summed E-state index contributed by atoms with van der Waals surface area (Å²) < 4.78 is 31.6. The molecule has 6 heteroatoms. The normalized spacial score (nSPS) is 11.8. The second kappa shape index (κ2) is 6.54. The van der Waals surface area contributed by atoms with Crippen LogP contribution in [0.2, 0.25) is 5.02 Å². The molecular weight excluding hydrogens is 300 g/mol. The molecule has 2 aromatic carbocycles. The first-order valence-electron chi connectivity index (χ1n) is 6.06. The SMILES string of the molecule is COC(=O)C(Nc1ccccc1F)c1ccc(F)c(Cl)c1. The van der Waals surface area contributed by atoms with Crippen LogP contribution in [0.5, 0.6) is 0 Å². The van der Waals surface area contributed by atoms with Crippen molar-refractivity contribution in [3.63, 3.8) is 0 Å². The summed E-state index contributed by atoms with van der Waals surface area (Å²) in [6, 6.07) is 8.72. The van der Waals surface area contributed by atoms with E-state index in [1.165, 1.54) is 37.4 Å². The van der Waals surface area contributed by atoms with Gasteiger partial charge in [-0.25, -0.2) is 13.6 Å². The molecule has 1 atom stereocenters. The van der Waals surface area contributed by atoms with Crippen molar-refractivity contribution in [2.24, 2.45) is 0 Å². The van der Waals surface area contributed by atoms with Crippen molar-refractivity contribution in [3.05, 3.63) is 64.7 Å². The maximum absolute atomic E-state index is 13.7. The van der Waals surface area contributed by atoms with Gasteiger partial charge in [0.25, 0.3) is 0 Å². The number of carbonyl (C=O) groups is 1. The van der Waals surface area contributed by atoms with Crippen LogP contribution in [-0.4, -0.2) is 13.1 Å². The summed E-state index contributed by atoms with van der Waals surface area (Å²) in [6.45, 7) is 0. The van der Waals surface area contributed by atoms with Crippen molar-refractivity contribution in [2.45, 2.75) is 6.04 Å². The number of benzene rings is 2. The molecule has 0 saturated heterocycles. The lowest BCUT2D eigenvalue weighted by molar-refractivity contribution is -0.141. The van der Waals surface area contributed by atoms with Gasteiger partial charge in [0.05, 0.1) is 17.8 Å². The fourth-order valence-corrected chi connectivity index (χ4v) is 2.01. The Bertz CT molecular complexity index is 664. The number of halogens is 3. The average Bonchev–Trinajstić information content (AvgIpc) is 2.48. The summed E-state index contributed by atoms with van der Waals surface area (Å²) in [7, 11) is 1.21. The maximum atomic E-state index is 13.7. The Morgan fingerprint density at radius 3 is 2.52 bits per heavy atom. The van der Waals surface area contributed by atoms with Crippen LogP contribution in [0.25, 0.3) is 0 Å². The van der Waals surface area contributed by atoms with Crippen molar-refractivity contribution >= 4 is 23.3 Å². The van der Waals surface area contributed by atoms with Gasteiger partial charge in [0.1, 0.15) is 11.6 Å². The highest BCUT2D eigenvalue weighted by Crippen LogP contribution is 2.26. The van der Waals surface area contributed by atoms with Gasteiger partial charge in [-0.15, -0.1) is 0 Å². The van der Waals surface area contributed by atoms with Gasteiger partial charge < -0.3 is 10.1 Å². The third-order valence-electron chi connectivity index (χ3n) is 2.89. The smallest absolute Gasteiger partial charge is 0.332 e. The number of carbonyl (C=O) groups excluding carboxylic acids is 1. The number of esters is 1. The molecule has 0 aliphatic heterocycles. The fraction of sp³-hybridized carbons (Fsp3) is 0.133. The molecule has 2 aromatic rings. The molecule has 0 spiro atoms. The van der Waals surface area contributed by atoms with Crippen molar-refractivity contribution < 1.29 is 18.3 Å². The molecule has 0 fully saturated rings. The van der Waals surface area contributed by atoms with Gasteiger partial charge in [-0.05, 0) is 29.8 Å². The Labute approximate surface area is 125 Å². The Hall–Kier alpha value is -2.14. The number of anilines is 1. The molecule has 0 heterocycles. The number of ether oxygens (including phenoxy) is 1. The van der Waals surface area contributed by atoms with E-state index in [1.54, 1.807) is 6.07 Å². The minimum absolute atomic E-state index is 0.128. The van der Waals surface area contributed by atoms with E-state index in [2.05, 4.69) is 10.1 Å². The van der Waals surface area contributed by atoms with E-state index in [-0.39, 0.29) is 10.7 Å². The standard InChI is InChI=1S/C15H12ClF2NO2/c1-21-15(20)14(9-6-7-11(17)10(16)8-9)19-13-5-3-2-4-12(13)18/h2-8,14,19H,1H3. The van der Waals surface area contributed by atoms with Crippen LogP contribution in [0.4, 0.5) is 14.5 Å². The molecule has 0 aliphatic carbocycles. The zero-order valence-electron chi connectivity index (χ0n) is 11.1. The van der Waals surface area contributed by atoms with Crippen LogP contribution in [-0.2, 0) is 9.53 Å². The first-order chi connectivity index (χ1) is 10.0. The zero-order chi connectivity index (χ0) is 15.4. The monoisotopic (exact) mass is 311 g/mol. The highest BCUT2D eigenvalue weighted by atomic mass is 35.5. The summed E-state index contributed by atoms with van der Waals surface area (Å²) in [5.41, 5.74) is 0.504. The molecule has 3 nitrogen and oxygen atoms in total. The Kier molecular flexibility index (Phi) is 4.75. The zero-order valence-corrected chi connectivity index (χ0v) is 11.8. The molecule has 21 heavy (non-hydrogen) atoms. The summed E-state index contributed by atoms with van der Waals surface area (Å²) in [4.78, 5) is 11.9. The molecule has 1 N–H and O–H groups in total. The summed E-state index contributed by atoms with van der Waals surface area (Å²) >= 11 is 5.71. The van der Waals surface area contributed by atoms with Crippen LogP contribution in [0.3, 0.4) is 0 Å². The Morgan fingerprint density at radius 2 is 1.90 bits per heavy atom. The van der Waals surface area contributed by atoms with Crippen LogP contribution in [0.15, 0.2) is 42.5 Å². The Balaban J connectivity index is 2.37. The molecule has 0 aromatic heterocycles. The number of methoxy groups -OCH3 is 1. The van der Waals surface area contributed by atoms with Gasteiger partial charge in [-0.3, -0.25) is 0 Å². The van der Waals surface area contributed by atoms with E-state index >= 15 is 0 Å². The average molecular weight is 312 g/mol. The van der Waals surface area contributed by atoms with Crippen molar-refractivity contribution in [2.75, 3.05) is 12.4 Å². The molecule has 110 valence electrons. The predicted octanol–water partition coefficient (Wildman–Crippen LogP) is 3.94. The topological polar surface area (TPSA) is 38.3 Å². The molecule has 1 unspecified atom stereocenters. The molecule has 0 saturated carbocycles. The number of para-hydroxylation sites is 1. The quantitative estimate of drug-likeness (QED) is 0.869. The van der Waals surface area contributed by atoms with Crippen LogP contribution in [0.1, 0.15) is 11.6 Å².